The van der Waals surface area contributed by atoms with Gasteiger partial charge in [0.15, 0.2) is 0 Å². The van der Waals surface area contributed by atoms with Gasteiger partial charge in [-0.1, -0.05) is 18.2 Å². The molecule has 1 aromatic heterocycles. The number of hydrogen-bond donors (Lipinski definition) is 2. The summed E-state index contributed by atoms with van der Waals surface area (Å²) < 4.78 is 8.58. The second-order valence-corrected chi connectivity index (χ2v) is 8.50. The van der Waals surface area contributed by atoms with Crippen LogP contribution in [0.2, 0.25) is 0 Å². The number of para-hydroxylation sites is 1. The summed E-state index contributed by atoms with van der Waals surface area (Å²) in [5.74, 6) is -0.0680. The summed E-state index contributed by atoms with van der Waals surface area (Å²) in [5.41, 5.74) is 2.45. The molecular weight excluding hydrogens is 412 g/mol. The van der Waals surface area contributed by atoms with Crippen LogP contribution in [0.15, 0.2) is 65.7 Å². The zero-order chi connectivity index (χ0) is 21.8. The molecule has 3 aromatic rings. The number of pyridine rings is 1. The second kappa shape index (κ2) is 9.26. The first-order valence-corrected chi connectivity index (χ1v) is 10.9. The Morgan fingerprint density at radius 2 is 1.84 bits per heavy atom. The van der Waals surface area contributed by atoms with E-state index in [9.17, 15) is 9.59 Å². The Labute approximate surface area is 185 Å². The molecule has 2 N–H and O–H groups in total. The van der Waals surface area contributed by atoms with E-state index in [4.69, 9.17) is 4.74 Å². The fraction of sp³-hybridized carbons (Fsp3) is 0.261. The van der Waals surface area contributed by atoms with Crippen LogP contribution in [0.25, 0.3) is 10.9 Å². The van der Waals surface area contributed by atoms with Gasteiger partial charge in [-0.3, -0.25) is 9.78 Å². The number of nitrogens with one attached hydrogen (secondary N) is 2. The van der Waals surface area contributed by atoms with Crippen molar-refractivity contribution in [2.24, 2.45) is 0 Å². The van der Waals surface area contributed by atoms with Gasteiger partial charge in [-0.15, -0.1) is 0 Å². The smallest absolute Gasteiger partial charge is 0.407 e. The Hall–Kier alpha value is -3.26. The molecule has 31 heavy (non-hydrogen) atoms. The van der Waals surface area contributed by atoms with Gasteiger partial charge in [-0.2, -0.15) is 0 Å². The van der Waals surface area contributed by atoms with Crippen molar-refractivity contribution in [1.82, 2.24) is 15.2 Å². The zero-order valence-corrected chi connectivity index (χ0v) is 18.2. The molecule has 1 aliphatic rings. The second-order valence-electron chi connectivity index (χ2n) is 7.65. The van der Waals surface area contributed by atoms with Crippen LogP contribution in [0, 0.1) is 0 Å². The number of benzene rings is 2. The molecule has 2 amide bonds. The number of aromatic nitrogens is 1. The van der Waals surface area contributed by atoms with Crippen molar-refractivity contribution >= 4 is 40.5 Å². The Balaban J connectivity index is 1.29. The third kappa shape index (κ3) is 5.08. The van der Waals surface area contributed by atoms with Crippen LogP contribution in [-0.4, -0.2) is 47.1 Å². The topological polar surface area (TPSA) is 83.6 Å². The van der Waals surface area contributed by atoms with E-state index in [2.05, 4.69) is 15.0 Å². The van der Waals surface area contributed by atoms with Gasteiger partial charge in [0.05, 0.1) is 23.5 Å². The highest BCUT2D eigenvalue weighted by Gasteiger charge is 2.34. The van der Waals surface area contributed by atoms with Crippen LogP contribution in [0.5, 0.6) is 0 Å². The van der Waals surface area contributed by atoms with Crippen LogP contribution in [0.4, 0.5) is 10.5 Å². The summed E-state index contributed by atoms with van der Waals surface area (Å²) in [5, 5.41) is 3.77. The van der Waals surface area contributed by atoms with E-state index in [0.717, 1.165) is 21.5 Å². The largest absolute Gasteiger partial charge is 0.442 e. The van der Waals surface area contributed by atoms with Crippen molar-refractivity contribution < 1.29 is 14.3 Å². The zero-order valence-electron chi connectivity index (χ0n) is 17.4. The van der Waals surface area contributed by atoms with Gasteiger partial charge in [-0.05, 0) is 62.2 Å². The molecule has 1 fully saturated rings. The van der Waals surface area contributed by atoms with E-state index in [-0.39, 0.29) is 18.1 Å². The van der Waals surface area contributed by atoms with Crippen molar-refractivity contribution in [2.45, 2.75) is 30.9 Å². The lowest BCUT2D eigenvalue weighted by Gasteiger charge is -2.38. The monoisotopic (exact) mass is 436 g/mol. The molecule has 1 aliphatic heterocycles. The van der Waals surface area contributed by atoms with Crippen molar-refractivity contribution in [3.05, 3.63) is 66.4 Å². The number of anilines is 1. The maximum Gasteiger partial charge on any atom is 0.407 e. The van der Waals surface area contributed by atoms with Crippen LogP contribution in [0.3, 0.4) is 0 Å². The average molecular weight is 437 g/mol. The first kappa shape index (κ1) is 21.0. The number of alkyl carbamates (subject to hydrolysis) is 1. The summed E-state index contributed by atoms with van der Waals surface area (Å²) in [7, 11) is 0. The van der Waals surface area contributed by atoms with Gasteiger partial charge >= 0.3 is 6.09 Å². The minimum Gasteiger partial charge on any atom is -0.442 e. The number of likely N-dealkylation sites (tertiary alicyclic amines) is 1. The molecule has 0 atom stereocenters. The van der Waals surface area contributed by atoms with E-state index >= 15 is 0 Å². The maximum atomic E-state index is 12.6. The standard InChI is InChI=1S/C23H24N4O3S/c1-15(2)25-23(29)30-19-13-27(14-19)22(28)17-8-10-18(11-9-17)26-31-20-7-3-5-16-6-4-12-24-21(16)20/h3-12,15,19,26H,13-14H2,1-2H3,(H,25,29). The number of rotatable bonds is 6. The highest BCUT2D eigenvalue weighted by molar-refractivity contribution is 8.00. The molecule has 0 spiro atoms. The molecule has 0 aliphatic carbocycles. The molecule has 160 valence electrons. The number of nitrogens with zero attached hydrogens (tertiary/aromatic N) is 2. The quantitative estimate of drug-likeness (QED) is 0.560. The van der Waals surface area contributed by atoms with Crippen molar-refractivity contribution in [2.75, 3.05) is 17.8 Å². The lowest BCUT2D eigenvalue weighted by molar-refractivity contribution is -0.00700. The first-order chi connectivity index (χ1) is 15.0. The number of amides is 2. The van der Waals surface area contributed by atoms with Crippen molar-refractivity contribution in [1.29, 1.82) is 0 Å². The fourth-order valence-electron chi connectivity index (χ4n) is 3.24. The lowest BCUT2D eigenvalue weighted by Crippen LogP contribution is -2.56. The van der Waals surface area contributed by atoms with Gasteiger partial charge in [-0.25, -0.2) is 4.79 Å². The van der Waals surface area contributed by atoms with Gasteiger partial charge in [0, 0.05) is 28.9 Å². The molecule has 0 unspecified atom stereocenters. The SMILES string of the molecule is CC(C)NC(=O)OC1CN(C(=O)c2ccc(NSc3cccc4cccnc34)cc2)C1. The molecule has 2 heterocycles. The van der Waals surface area contributed by atoms with Crippen LogP contribution in [-0.2, 0) is 4.74 Å². The van der Waals surface area contributed by atoms with E-state index in [0.29, 0.717) is 18.7 Å². The lowest BCUT2D eigenvalue weighted by atomic mass is 10.1. The Kier molecular flexibility index (Phi) is 6.27. The molecule has 4 rings (SSSR count). The van der Waals surface area contributed by atoms with E-state index in [1.807, 2.05) is 56.3 Å². The minimum absolute atomic E-state index is 0.0208. The summed E-state index contributed by atoms with van der Waals surface area (Å²) >= 11 is 1.49. The van der Waals surface area contributed by atoms with E-state index in [1.165, 1.54) is 11.9 Å². The third-order valence-electron chi connectivity index (χ3n) is 4.82. The van der Waals surface area contributed by atoms with E-state index in [1.54, 1.807) is 23.2 Å². The summed E-state index contributed by atoms with van der Waals surface area (Å²) in [4.78, 5) is 31.4. The van der Waals surface area contributed by atoms with Gasteiger partial charge in [0.25, 0.3) is 5.91 Å². The first-order valence-electron chi connectivity index (χ1n) is 10.1. The molecule has 0 radical (unpaired) electrons. The van der Waals surface area contributed by atoms with Crippen LogP contribution in [0.1, 0.15) is 24.2 Å². The number of hydrogen-bond acceptors (Lipinski definition) is 6. The third-order valence-corrected chi connectivity index (χ3v) is 5.71. The Morgan fingerprint density at radius 1 is 1.10 bits per heavy atom. The van der Waals surface area contributed by atoms with Gasteiger partial charge < -0.3 is 19.7 Å². The van der Waals surface area contributed by atoms with E-state index < -0.39 is 6.09 Å². The Bertz CT molecular complexity index is 1080. The highest BCUT2D eigenvalue weighted by Crippen LogP contribution is 2.27. The highest BCUT2D eigenvalue weighted by atomic mass is 32.2. The molecule has 0 bridgehead atoms. The normalized spacial score (nSPS) is 13.7. The number of fused-ring (bicyclic) bond motifs is 1. The molecule has 2 aromatic carbocycles. The Morgan fingerprint density at radius 3 is 2.58 bits per heavy atom. The predicted octanol–water partition coefficient (Wildman–Crippen LogP) is 4.31. The number of carbonyl (C=O) groups is 2. The summed E-state index contributed by atoms with van der Waals surface area (Å²) in [6, 6.07) is 17.4. The summed E-state index contributed by atoms with van der Waals surface area (Å²) in [6.45, 7) is 4.56. The van der Waals surface area contributed by atoms with Gasteiger partial charge in [0.2, 0.25) is 0 Å². The predicted molar refractivity (Wildman–Crippen MR) is 122 cm³/mol. The molecular formula is C23H24N4O3S. The van der Waals surface area contributed by atoms with Crippen molar-refractivity contribution in [3.63, 3.8) is 0 Å². The van der Waals surface area contributed by atoms with Crippen LogP contribution >= 0.6 is 11.9 Å². The van der Waals surface area contributed by atoms with Crippen LogP contribution < -0.4 is 10.0 Å². The maximum absolute atomic E-state index is 12.6. The van der Waals surface area contributed by atoms with Crippen molar-refractivity contribution in [3.8, 4) is 0 Å². The minimum atomic E-state index is -0.443. The molecule has 0 saturated carbocycles. The fourth-order valence-corrected chi connectivity index (χ4v) is 4.01. The number of carbonyl (C=O) groups excluding carboxylic acids is 2. The molecule has 7 nitrogen and oxygen atoms in total. The summed E-state index contributed by atoms with van der Waals surface area (Å²) in [6.07, 6.45) is 1.09. The molecule has 8 heteroatoms. The number of ether oxygens (including phenoxy) is 1. The average Bonchev–Trinajstić information content (AvgIpc) is 2.74. The molecule has 1 saturated heterocycles. The van der Waals surface area contributed by atoms with Gasteiger partial charge in [0.1, 0.15) is 6.10 Å².